The molecule has 0 aliphatic carbocycles. The van der Waals surface area contributed by atoms with Crippen molar-refractivity contribution in [2.24, 2.45) is 0 Å². The number of aromatic nitrogens is 3. The zero-order chi connectivity index (χ0) is 20.2. The van der Waals surface area contributed by atoms with E-state index in [9.17, 15) is 9.59 Å². The quantitative estimate of drug-likeness (QED) is 0.790. The van der Waals surface area contributed by atoms with E-state index >= 15 is 0 Å². The molecule has 2 amide bonds. The van der Waals surface area contributed by atoms with Gasteiger partial charge in [-0.15, -0.1) is 17.5 Å². The van der Waals surface area contributed by atoms with Gasteiger partial charge in [-0.05, 0) is 44.0 Å². The first-order valence-electron chi connectivity index (χ1n) is 10.4. The number of nitrogens with zero attached hydrogens (tertiary/aromatic N) is 5. The Labute approximate surface area is 183 Å². The molecule has 0 atom stereocenters. The van der Waals surface area contributed by atoms with Gasteiger partial charge in [-0.3, -0.25) is 9.59 Å². The molecule has 30 heavy (non-hydrogen) atoms. The van der Waals surface area contributed by atoms with Gasteiger partial charge in [0.05, 0.1) is 18.7 Å². The van der Waals surface area contributed by atoms with Crippen molar-refractivity contribution in [1.29, 1.82) is 0 Å². The molecule has 1 aromatic carbocycles. The fourth-order valence-electron chi connectivity index (χ4n) is 4.03. The molecule has 8 nitrogen and oxygen atoms in total. The molecule has 0 spiro atoms. The Morgan fingerprint density at radius 2 is 1.73 bits per heavy atom. The van der Waals surface area contributed by atoms with E-state index in [1.807, 2.05) is 40.8 Å². The average Bonchev–Trinajstić information content (AvgIpc) is 3.26. The molecule has 2 aromatic rings. The number of nitrogens with one attached hydrogen (secondary N) is 1. The zero-order valence-corrected chi connectivity index (χ0v) is 18.1. The van der Waals surface area contributed by atoms with Crippen LogP contribution in [0.3, 0.4) is 0 Å². The maximum Gasteiger partial charge on any atom is 0.276 e. The van der Waals surface area contributed by atoms with Crippen molar-refractivity contribution in [2.45, 2.75) is 32.2 Å². The lowest BCUT2D eigenvalue weighted by Crippen LogP contribution is -2.51. The number of hydrogen-bond donors (Lipinski definition) is 1. The maximum atomic E-state index is 12.8. The van der Waals surface area contributed by atoms with E-state index in [0.29, 0.717) is 44.3 Å². The summed E-state index contributed by atoms with van der Waals surface area (Å²) in [5, 5.41) is 11.6. The molecule has 0 saturated carbocycles. The summed E-state index contributed by atoms with van der Waals surface area (Å²) in [7, 11) is 0. The Morgan fingerprint density at radius 3 is 2.43 bits per heavy atom. The minimum Gasteiger partial charge on any atom is -0.339 e. The molecule has 2 aliphatic rings. The number of hydrogen-bond acceptors (Lipinski definition) is 5. The molecule has 1 aromatic heterocycles. The Hall–Kier alpha value is -2.45. The number of piperazine rings is 1. The highest BCUT2D eigenvalue weighted by molar-refractivity contribution is 5.92. The highest BCUT2D eigenvalue weighted by atomic mass is 35.5. The second-order valence-corrected chi connectivity index (χ2v) is 7.84. The number of carbonyl (C=O) groups is 2. The number of halogens is 1. The topological polar surface area (TPSA) is 83.4 Å². The molecule has 1 N–H and O–H groups in total. The van der Waals surface area contributed by atoms with E-state index in [4.69, 9.17) is 0 Å². The van der Waals surface area contributed by atoms with Crippen LogP contribution in [0.4, 0.5) is 0 Å². The molecule has 2 saturated heterocycles. The van der Waals surface area contributed by atoms with Gasteiger partial charge < -0.3 is 15.1 Å². The second-order valence-electron chi connectivity index (χ2n) is 7.84. The van der Waals surface area contributed by atoms with E-state index < -0.39 is 0 Å². The van der Waals surface area contributed by atoms with Crippen molar-refractivity contribution >= 4 is 24.2 Å². The Bertz CT molecular complexity index is 872. The van der Waals surface area contributed by atoms with Gasteiger partial charge in [0.1, 0.15) is 0 Å². The van der Waals surface area contributed by atoms with Crippen molar-refractivity contribution in [1.82, 2.24) is 30.1 Å². The summed E-state index contributed by atoms with van der Waals surface area (Å²) in [4.78, 5) is 29.1. The minimum atomic E-state index is -0.101. The fraction of sp³-hybridized carbons (Fsp3) is 0.524. The number of rotatable bonds is 4. The monoisotopic (exact) mass is 432 g/mol. The molecule has 0 radical (unpaired) electrons. The van der Waals surface area contributed by atoms with Crippen LogP contribution < -0.4 is 5.32 Å². The molecule has 0 unspecified atom stereocenters. The lowest BCUT2D eigenvalue weighted by molar-refractivity contribution is -0.131. The van der Waals surface area contributed by atoms with Crippen LogP contribution in [0, 0.1) is 6.92 Å². The summed E-state index contributed by atoms with van der Waals surface area (Å²) < 4.78 is 1.83. The van der Waals surface area contributed by atoms with E-state index in [1.54, 1.807) is 11.1 Å². The van der Waals surface area contributed by atoms with Gasteiger partial charge in [0.25, 0.3) is 5.91 Å². The number of benzene rings is 1. The predicted molar refractivity (Wildman–Crippen MR) is 116 cm³/mol. The number of aryl methyl sites for hydroxylation is 1. The first kappa shape index (κ1) is 22.2. The molecule has 4 rings (SSSR count). The third-order valence-corrected chi connectivity index (χ3v) is 5.93. The third kappa shape index (κ3) is 4.99. The molecule has 0 bridgehead atoms. The number of amides is 2. The lowest BCUT2D eigenvalue weighted by Gasteiger charge is -2.34. The van der Waals surface area contributed by atoms with Crippen LogP contribution in [0.2, 0.25) is 0 Å². The zero-order valence-electron chi connectivity index (χ0n) is 17.3. The van der Waals surface area contributed by atoms with Crippen molar-refractivity contribution in [3.05, 3.63) is 47.3 Å². The smallest absolute Gasteiger partial charge is 0.276 e. The normalized spacial score (nSPS) is 17.5. The molecule has 9 heteroatoms. The Balaban J connectivity index is 0.00000256. The van der Waals surface area contributed by atoms with Crippen molar-refractivity contribution < 1.29 is 9.59 Å². The van der Waals surface area contributed by atoms with E-state index in [2.05, 4.69) is 15.6 Å². The van der Waals surface area contributed by atoms with E-state index in [1.165, 1.54) is 0 Å². The fourth-order valence-corrected chi connectivity index (χ4v) is 4.03. The highest BCUT2D eigenvalue weighted by Crippen LogP contribution is 2.18. The van der Waals surface area contributed by atoms with Gasteiger partial charge in [0.15, 0.2) is 5.69 Å². The summed E-state index contributed by atoms with van der Waals surface area (Å²) in [5.41, 5.74) is 2.58. The summed E-state index contributed by atoms with van der Waals surface area (Å²) in [6.45, 7) is 6.11. The standard InChI is InChI=1S/C21H28N6O2.ClH/c1-16-4-2-3-5-17(16)14-20(28)25-10-12-26(13-11-25)21(29)19-15-27(24-23-19)18-6-8-22-9-7-18;/h2-5,15,18,22H,6-14H2,1H3;1H. The molecular weight excluding hydrogens is 404 g/mol. The predicted octanol–water partition coefficient (Wildman–Crippen LogP) is 1.46. The van der Waals surface area contributed by atoms with Gasteiger partial charge in [-0.25, -0.2) is 4.68 Å². The highest BCUT2D eigenvalue weighted by Gasteiger charge is 2.27. The molecule has 2 aliphatic heterocycles. The van der Waals surface area contributed by atoms with Crippen LogP contribution in [0.25, 0.3) is 0 Å². The Kier molecular flexibility index (Phi) is 7.44. The number of piperidine rings is 1. The van der Waals surface area contributed by atoms with Gasteiger partial charge >= 0.3 is 0 Å². The third-order valence-electron chi connectivity index (χ3n) is 5.93. The molecular formula is C21H29ClN6O2. The van der Waals surface area contributed by atoms with Crippen LogP contribution >= 0.6 is 12.4 Å². The maximum absolute atomic E-state index is 12.8. The molecule has 162 valence electrons. The van der Waals surface area contributed by atoms with Crippen LogP contribution in [0.5, 0.6) is 0 Å². The number of carbonyl (C=O) groups excluding carboxylic acids is 2. The van der Waals surface area contributed by atoms with Crippen LogP contribution in [0.15, 0.2) is 30.5 Å². The minimum absolute atomic E-state index is 0. The van der Waals surface area contributed by atoms with Gasteiger partial charge in [-0.2, -0.15) is 0 Å². The molecule has 2 fully saturated rings. The summed E-state index contributed by atoms with van der Waals surface area (Å²) in [5.74, 6) is 0.0134. The van der Waals surface area contributed by atoms with E-state index in [0.717, 1.165) is 37.1 Å². The van der Waals surface area contributed by atoms with Gasteiger partial charge in [0, 0.05) is 26.2 Å². The van der Waals surface area contributed by atoms with Crippen LogP contribution in [-0.2, 0) is 11.2 Å². The summed E-state index contributed by atoms with van der Waals surface area (Å²) >= 11 is 0. The van der Waals surface area contributed by atoms with Crippen LogP contribution in [-0.4, -0.2) is 75.9 Å². The first-order chi connectivity index (χ1) is 14.1. The molecule has 3 heterocycles. The SMILES string of the molecule is Cc1ccccc1CC(=O)N1CCN(C(=O)c2cn(C3CCNCC3)nn2)CC1.Cl. The summed E-state index contributed by atoms with van der Waals surface area (Å²) in [6.07, 6.45) is 4.18. The van der Waals surface area contributed by atoms with E-state index in [-0.39, 0.29) is 24.2 Å². The average molecular weight is 433 g/mol. The first-order valence-corrected chi connectivity index (χ1v) is 10.4. The van der Waals surface area contributed by atoms with Crippen molar-refractivity contribution in [2.75, 3.05) is 39.3 Å². The van der Waals surface area contributed by atoms with Crippen molar-refractivity contribution in [3.63, 3.8) is 0 Å². The lowest BCUT2D eigenvalue weighted by atomic mass is 10.1. The van der Waals surface area contributed by atoms with Gasteiger partial charge in [-0.1, -0.05) is 29.5 Å². The van der Waals surface area contributed by atoms with Crippen LogP contribution in [0.1, 0.15) is 40.5 Å². The van der Waals surface area contributed by atoms with Gasteiger partial charge in [0.2, 0.25) is 5.91 Å². The van der Waals surface area contributed by atoms with Crippen molar-refractivity contribution in [3.8, 4) is 0 Å². The summed E-state index contributed by atoms with van der Waals surface area (Å²) in [6, 6.07) is 8.27. The largest absolute Gasteiger partial charge is 0.339 e. The Morgan fingerprint density at radius 1 is 1.07 bits per heavy atom. The second kappa shape index (κ2) is 10.0.